The Morgan fingerprint density at radius 2 is 1.83 bits per heavy atom. The number of Topliss-reactive ketones (excluding diaryl/α,β-unsaturated/α-hetero) is 1. The molecule has 156 valence electrons. The molecular weight excluding hydrogens is 424 g/mol. The van der Waals surface area contributed by atoms with Crippen molar-refractivity contribution in [1.82, 2.24) is 20.1 Å². The first-order chi connectivity index (χ1) is 14.3. The van der Waals surface area contributed by atoms with Crippen molar-refractivity contribution < 1.29 is 9.59 Å². The van der Waals surface area contributed by atoms with Crippen molar-refractivity contribution in [2.24, 2.45) is 0 Å². The lowest BCUT2D eigenvalue weighted by atomic mass is 10.1. The van der Waals surface area contributed by atoms with E-state index in [0.717, 1.165) is 15.6 Å². The molecular formula is C21H21ClN4O3S. The minimum absolute atomic E-state index is 0.0726. The summed E-state index contributed by atoms with van der Waals surface area (Å²) in [4.78, 5) is 41.6. The van der Waals surface area contributed by atoms with Gasteiger partial charge in [-0.05, 0) is 44.2 Å². The van der Waals surface area contributed by atoms with Gasteiger partial charge in [-0.25, -0.2) is 9.67 Å². The highest BCUT2D eigenvalue weighted by atomic mass is 35.5. The molecule has 7 nitrogen and oxygen atoms in total. The van der Waals surface area contributed by atoms with Crippen molar-refractivity contribution in [3.05, 3.63) is 68.0 Å². The number of hydrogen-bond acceptors (Lipinski definition) is 6. The van der Waals surface area contributed by atoms with Crippen LogP contribution in [0.1, 0.15) is 33.9 Å². The normalized spacial score (nSPS) is 10.8. The number of nitrogens with one attached hydrogen (secondary N) is 1. The largest absolute Gasteiger partial charge is 0.354 e. The Morgan fingerprint density at radius 1 is 1.10 bits per heavy atom. The molecule has 0 spiro atoms. The van der Waals surface area contributed by atoms with Gasteiger partial charge in [-0.15, -0.1) is 11.3 Å². The van der Waals surface area contributed by atoms with E-state index in [1.807, 2.05) is 13.8 Å². The number of hydrogen-bond donors (Lipinski definition) is 1. The molecule has 2 aromatic heterocycles. The van der Waals surface area contributed by atoms with E-state index in [9.17, 15) is 14.4 Å². The molecule has 0 radical (unpaired) electrons. The van der Waals surface area contributed by atoms with Gasteiger partial charge in [0.1, 0.15) is 5.69 Å². The summed E-state index contributed by atoms with van der Waals surface area (Å²) in [6.07, 6.45) is 0.175. The number of rotatable bonds is 8. The van der Waals surface area contributed by atoms with Gasteiger partial charge in [-0.1, -0.05) is 11.6 Å². The average Bonchev–Trinajstić information content (AvgIpc) is 3.06. The quantitative estimate of drug-likeness (QED) is 0.537. The monoisotopic (exact) mass is 444 g/mol. The predicted molar refractivity (Wildman–Crippen MR) is 117 cm³/mol. The minimum atomic E-state index is -0.254. The van der Waals surface area contributed by atoms with Gasteiger partial charge in [-0.3, -0.25) is 14.4 Å². The highest BCUT2D eigenvalue weighted by Crippen LogP contribution is 2.27. The summed E-state index contributed by atoms with van der Waals surface area (Å²) >= 11 is 7.33. The van der Waals surface area contributed by atoms with E-state index in [2.05, 4.69) is 15.4 Å². The van der Waals surface area contributed by atoms with Crippen molar-refractivity contribution in [1.29, 1.82) is 0 Å². The average molecular weight is 445 g/mol. The molecule has 0 unspecified atom stereocenters. The fourth-order valence-corrected chi connectivity index (χ4v) is 3.91. The molecule has 0 fully saturated rings. The van der Waals surface area contributed by atoms with Crippen LogP contribution in [0.5, 0.6) is 0 Å². The van der Waals surface area contributed by atoms with Crippen LogP contribution in [-0.4, -0.2) is 33.0 Å². The van der Waals surface area contributed by atoms with Crippen LogP contribution in [0.4, 0.5) is 0 Å². The van der Waals surface area contributed by atoms with Crippen molar-refractivity contribution in [3.8, 4) is 10.6 Å². The molecule has 0 aliphatic heterocycles. The topological polar surface area (TPSA) is 94.0 Å². The second-order valence-corrected chi connectivity index (χ2v) is 8.35. The van der Waals surface area contributed by atoms with Crippen LogP contribution < -0.4 is 10.9 Å². The number of ketones is 1. The SMILES string of the molecule is Cc1nc(C)c(-c2ccc(=O)n(CCNC(=O)CCC(=O)c3ccc(Cl)cc3)n2)s1. The Kier molecular flexibility index (Phi) is 7.12. The number of aryl methyl sites for hydroxylation is 2. The van der Waals surface area contributed by atoms with Gasteiger partial charge < -0.3 is 5.32 Å². The first-order valence-corrected chi connectivity index (χ1v) is 10.6. The summed E-state index contributed by atoms with van der Waals surface area (Å²) in [5.41, 5.74) is 1.82. The van der Waals surface area contributed by atoms with Crippen LogP contribution in [0, 0.1) is 13.8 Å². The summed E-state index contributed by atoms with van der Waals surface area (Å²) in [5, 5.41) is 8.61. The highest BCUT2D eigenvalue weighted by Gasteiger charge is 2.12. The standard InChI is InChI=1S/C21H21ClN4O3S/c1-13-21(30-14(2)24-13)17-7-10-20(29)26(25-17)12-11-23-19(28)9-8-18(27)15-3-5-16(22)6-4-15/h3-7,10H,8-9,11-12H2,1-2H3,(H,23,28). The molecule has 2 heterocycles. The van der Waals surface area contributed by atoms with Gasteiger partial charge in [0.25, 0.3) is 5.56 Å². The summed E-state index contributed by atoms with van der Waals surface area (Å²) in [5.74, 6) is -0.377. The van der Waals surface area contributed by atoms with Gasteiger partial charge in [0, 0.05) is 36.0 Å². The van der Waals surface area contributed by atoms with Gasteiger partial charge in [-0.2, -0.15) is 5.10 Å². The Balaban J connectivity index is 1.52. The van der Waals surface area contributed by atoms with Crippen molar-refractivity contribution >= 4 is 34.6 Å². The summed E-state index contributed by atoms with van der Waals surface area (Å²) in [6.45, 7) is 4.30. The lowest BCUT2D eigenvalue weighted by molar-refractivity contribution is -0.121. The van der Waals surface area contributed by atoms with Gasteiger partial charge >= 0.3 is 0 Å². The number of carbonyl (C=O) groups is 2. The molecule has 1 aromatic carbocycles. The third-order valence-corrected chi connectivity index (χ3v) is 5.74. The number of benzene rings is 1. The third kappa shape index (κ3) is 5.61. The maximum atomic E-state index is 12.1. The lowest BCUT2D eigenvalue weighted by Gasteiger charge is -2.08. The van der Waals surface area contributed by atoms with Gasteiger partial charge in [0.05, 0.1) is 22.1 Å². The number of thiazole rings is 1. The minimum Gasteiger partial charge on any atom is -0.354 e. The number of halogens is 1. The van der Waals surface area contributed by atoms with Gasteiger partial charge in [0.2, 0.25) is 5.91 Å². The first-order valence-electron chi connectivity index (χ1n) is 9.41. The molecule has 1 amide bonds. The fourth-order valence-electron chi connectivity index (χ4n) is 2.90. The molecule has 3 rings (SSSR count). The zero-order chi connectivity index (χ0) is 21.7. The Hall–Kier alpha value is -2.84. The van der Waals surface area contributed by atoms with Crippen molar-refractivity contribution in [3.63, 3.8) is 0 Å². The number of amides is 1. The molecule has 3 aromatic rings. The number of carbonyl (C=O) groups excluding carboxylic acids is 2. The van der Waals surface area contributed by atoms with Crippen LogP contribution in [-0.2, 0) is 11.3 Å². The van der Waals surface area contributed by atoms with E-state index in [1.54, 1.807) is 30.3 Å². The lowest BCUT2D eigenvalue weighted by Crippen LogP contribution is -2.32. The Labute approximate surface area is 182 Å². The smallest absolute Gasteiger partial charge is 0.266 e. The highest BCUT2D eigenvalue weighted by molar-refractivity contribution is 7.15. The molecule has 9 heteroatoms. The molecule has 0 aliphatic rings. The summed E-state index contributed by atoms with van der Waals surface area (Å²) in [7, 11) is 0. The van der Waals surface area contributed by atoms with Gasteiger partial charge in [0.15, 0.2) is 5.78 Å². The van der Waals surface area contributed by atoms with Crippen LogP contribution in [0.25, 0.3) is 10.6 Å². The fraction of sp³-hybridized carbons (Fsp3) is 0.286. The molecule has 30 heavy (non-hydrogen) atoms. The van der Waals surface area contributed by atoms with Crippen LogP contribution in [0.2, 0.25) is 5.02 Å². The number of nitrogens with zero attached hydrogens (tertiary/aromatic N) is 3. The van der Waals surface area contributed by atoms with E-state index in [1.165, 1.54) is 22.1 Å². The second kappa shape index (κ2) is 9.77. The molecule has 0 bridgehead atoms. The molecule has 0 aliphatic carbocycles. The molecule has 0 atom stereocenters. The van der Waals surface area contributed by atoms with Crippen molar-refractivity contribution in [2.45, 2.75) is 33.2 Å². The van der Waals surface area contributed by atoms with Crippen LogP contribution in [0.15, 0.2) is 41.2 Å². The first kappa shape index (κ1) is 21.9. The zero-order valence-electron chi connectivity index (χ0n) is 16.6. The van der Waals surface area contributed by atoms with Crippen LogP contribution >= 0.6 is 22.9 Å². The van der Waals surface area contributed by atoms with E-state index < -0.39 is 0 Å². The molecule has 0 saturated heterocycles. The van der Waals surface area contributed by atoms with E-state index in [0.29, 0.717) is 16.3 Å². The third-order valence-electron chi connectivity index (χ3n) is 4.39. The van der Waals surface area contributed by atoms with E-state index in [-0.39, 0.29) is 43.2 Å². The predicted octanol–water partition coefficient (Wildman–Crippen LogP) is 3.42. The zero-order valence-corrected chi connectivity index (χ0v) is 18.2. The Bertz CT molecular complexity index is 1120. The maximum absolute atomic E-state index is 12.1. The number of aromatic nitrogens is 3. The molecule has 0 saturated carbocycles. The van der Waals surface area contributed by atoms with Crippen molar-refractivity contribution in [2.75, 3.05) is 6.54 Å². The van der Waals surface area contributed by atoms with E-state index >= 15 is 0 Å². The van der Waals surface area contributed by atoms with Crippen LogP contribution in [0.3, 0.4) is 0 Å². The second-order valence-electron chi connectivity index (χ2n) is 6.71. The Morgan fingerprint density at radius 3 is 2.50 bits per heavy atom. The molecule has 1 N–H and O–H groups in total. The van der Waals surface area contributed by atoms with E-state index in [4.69, 9.17) is 11.6 Å². The maximum Gasteiger partial charge on any atom is 0.266 e. The summed E-state index contributed by atoms with van der Waals surface area (Å²) in [6, 6.07) is 9.70. The summed E-state index contributed by atoms with van der Waals surface area (Å²) < 4.78 is 1.32.